The summed E-state index contributed by atoms with van der Waals surface area (Å²) < 4.78 is 2.00. The number of benzene rings is 2. The molecule has 3 heterocycles. The summed E-state index contributed by atoms with van der Waals surface area (Å²) in [5, 5.41) is 7.00. The Hall–Kier alpha value is -3.29. The lowest BCUT2D eigenvalue weighted by atomic mass is 9.90. The number of amides is 1. The van der Waals surface area contributed by atoms with Crippen LogP contribution in [0.2, 0.25) is 0 Å². The summed E-state index contributed by atoms with van der Waals surface area (Å²) >= 11 is 1.58. The van der Waals surface area contributed by atoms with Crippen molar-refractivity contribution < 1.29 is 4.79 Å². The quantitative estimate of drug-likeness (QED) is 0.350. The van der Waals surface area contributed by atoms with E-state index in [9.17, 15) is 4.79 Å². The van der Waals surface area contributed by atoms with Crippen LogP contribution in [0.4, 0.5) is 0 Å². The van der Waals surface area contributed by atoms with E-state index in [0.29, 0.717) is 6.54 Å². The lowest BCUT2D eigenvalue weighted by Crippen LogP contribution is -2.37. The topological polar surface area (TPSA) is 54.3 Å². The van der Waals surface area contributed by atoms with Crippen LogP contribution in [0.1, 0.15) is 30.5 Å². The monoisotopic (exact) mass is 497 g/mol. The van der Waals surface area contributed by atoms with Gasteiger partial charge in [-0.2, -0.15) is 5.10 Å². The molecule has 0 bridgehead atoms. The average molecular weight is 498 g/mol. The van der Waals surface area contributed by atoms with Gasteiger partial charge in [0, 0.05) is 42.2 Å². The van der Waals surface area contributed by atoms with Crippen LogP contribution in [0.25, 0.3) is 16.9 Å². The highest BCUT2D eigenvalue weighted by molar-refractivity contribution is 7.07. The van der Waals surface area contributed by atoms with Crippen molar-refractivity contribution in [3.05, 3.63) is 89.0 Å². The molecule has 2 aromatic heterocycles. The summed E-state index contributed by atoms with van der Waals surface area (Å²) in [4.78, 5) is 21.8. The van der Waals surface area contributed by atoms with Crippen molar-refractivity contribution in [3.63, 3.8) is 0 Å². The fourth-order valence-corrected chi connectivity index (χ4v) is 6.18. The second-order valence-electron chi connectivity index (χ2n) is 10.2. The Labute approximate surface area is 216 Å². The first-order valence-electron chi connectivity index (χ1n) is 12.7. The molecule has 0 radical (unpaired) electrons. The van der Waals surface area contributed by atoms with Crippen molar-refractivity contribution in [1.82, 2.24) is 24.6 Å². The van der Waals surface area contributed by atoms with Gasteiger partial charge in [0.25, 0.3) is 0 Å². The molecule has 2 fully saturated rings. The third-order valence-corrected chi connectivity index (χ3v) is 8.49. The number of carbonyl (C=O) groups excluding carboxylic acids is 1. The smallest absolute Gasteiger partial charge is 0.226 e. The summed E-state index contributed by atoms with van der Waals surface area (Å²) in [6.07, 6.45) is 5.38. The summed E-state index contributed by atoms with van der Waals surface area (Å²) in [5.74, 6) is 0.455. The van der Waals surface area contributed by atoms with Crippen LogP contribution in [0.5, 0.6) is 0 Å². The van der Waals surface area contributed by atoms with Crippen molar-refractivity contribution in [2.75, 3.05) is 20.1 Å². The SMILES string of the molecule is CN(Cc1cscn1)C(=O)[C@@H]1CC12CCN(Cc1cn(-c3ccccc3)nc1-c1ccccc1)CC2. The minimum Gasteiger partial charge on any atom is -0.340 e. The van der Waals surface area contributed by atoms with Gasteiger partial charge in [-0.15, -0.1) is 11.3 Å². The predicted octanol–water partition coefficient (Wildman–Crippen LogP) is 5.26. The Morgan fingerprint density at radius 2 is 1.81 bits per heavy atom. The standard InChI is InChI=1S/C29H31N5OS/c1-32(19-24-20-36-21-30-24)28(35)26-16-29(26)12-14-33(15-13-29)17-23-18-34(25-10-6-3-7-11-25)31-27(23)22-8-4-2-5-9-22/h2-11,18,20-21,26H,12-17,19H2,1H3/t26-/m0/s1. The molecule has 36 heavy (non-hydrogen) atoms. The summed E-state index contributed by atoms with van der Waals surface area (Å²) in [5.41, 5.74) is 7.50. The molecular formula is C29H31N5OS. The lowest BCUT2D eigenvalue weighted by Gasteiger charge is -2.33. The van der Waals surface area contributed by atoms with Crippen molar-refractivity contribution >= 4 is 17.2 Å². The van der Waals surface area contributed by atoms with Gasteiger partial charge in [-0.3, -0.25) is 9.69 Å². The van der Waals surface area contributed by atoms with Crippen LogP contribution in [-0.2, 0) is 17.9 Å². The highest BCUT2D eigenvalue weighted by Crippen LogP contribution is 2.60. The van der Waals surface area contributed by atoms with E-state index >= 15 is 0 Å². The molecular weight excluding hydrogens is 466 g/mol. The summed E-state index contributed by atoms with van der Waals surface area (Å²) in [6, 6.07) is 20.8. The normalized spacial score (nSPS) is 18.9. The number of likely N-dealkylation sites (tertiary alicyclic amines) is 1. The molecule has 1 aliphatic heterocycles. The maximum absolute atomic E-state index is 13.1. The molecule has 2 aliphatic rings. The second kappa shape index (κ2) is 9.64. The Kier molecular flexibility index (Phi) is 6.19. The fraction of sp³-hybridized carbons (Fsp3) is 0.345. The van der Waals surface area contributed by atoms with E-state index in [0.717, 1.165) is 61.5 Å². The van der Waals surface area contributed by atoms with Crippen LogP contribution < -0.4 is 0 Å². The zero-order valence-corrected chi connectivity index (χ0v) is 21.4. The van der Waals surface area contributed by atoms with Gasteiger partial charge < -0.3 is 4.90 Å². The van der Waals surface area contributed by atoms with Crippen molar-refractivity contribution in [2.24, 2.45) is 11.3 Å². The van der Waals surface area contributed by atoms with E-state index in [2.05, 4.69) is 52.5 Å². The molecule has 6 rings (SSSR count). The number of rotatable bonds is 7. The molecule has 1 aliphatic carbocycles. The van der Waals surface area contributed by atoms with Gasteiger partial charge in [-0.25, -0.2) is 9.67 Å². The highest BCUT2D eigenvalue weighted by atomic mass is 32.1. The van der Waals surface area contributed by atoms with Gasteiger partial charge in [0.2, 0.25) is 5.91 Å². The maximum Gasteiger partial charge on any atom is 0.226 e. The second-order valence-corrected chi connectivity index (χ2v) is 10.9. The molecule has 1 saturated carbocycles. The number of hydrogen-bond acceptors (Lipinski definition) is 5. The third-order valence-electron chi connectivity index (χ3n) is 7.85. The molecule has 2 aromatic carbocycles. The third kappa shape index (κ3) is 4.61. The molecule has 184 valence electrons. The molecule has 1 amide bonds. The van der Waals surface area contributed by atoms with E-state index in [1.54, 1.807) is 11.3 Å². The van der Waals surface area contributed by atoms with Crippen LogP contribution in [-0.4, -0.2) is 50.6 Å². The van der Waals surface area contributed by atoms with Crippen LogP contribution in [0.15, 0.2) is 77.8 Å². The van der Waals surface area contributed by atoms with E-state index in [1.807, 2.05) is 51.8 Å². The van der Waals surface area contributed by atoms with Crippen molar-refractivity contribution in [3.8, 4) is 16.9 Å². The Morgan fingerprint density at radius 1 is 1.08 bits per heavy atom. The molecule has 4 aromatic rings. The summed E-state index contributed by atoms with van der Waals surface area (Å²) in [7, 11) is 1.92. The van der Waals surface area contributed by atoms with E-state index in [-0.39, 0.29) is 17.2 Å². The van der Waals surface area contributed by atoms with Crippen LogP contribution in [0.3, 0.4) is 0 Å². The molecule has 1 spiro atoms. The van der Waals surface area contributed by atoms with E-state index in [1.165, 1.54) is 5.56 Å². The molecule has 6 nitrogen and oxygen atoms in total. The van der Waals surface area contributed by atoms with Gasteiger partial charge in [-0.1, -0.05) is 48.5 Å². The molecule has 0 unspecified atom stereocenters. The van der Waals surface area contributed by atoms with Crippen LogP contribution >= 0.6 is 11.3 Å². The van der Waals surface area contributed by atoms with Crippen molar-refractivity contribution in [1.29, 1.82) is 0 Å². The van der Waals surface area contributed by atoms with E-state index < -0.39 is 0 Å². The van der Waals surface area contributed by atoms with Gasteiger partial charge >= 0.3 is 0 Å². The Balaban J connectivity index is 1.13. The number of aromatic nitrogens is 3. The van der Waals surface area contributed by atoms with Gasteiger partial charge in [0.05, 0.1) is 29.1 Å². The summed E-state index contributed by atoms with van der Waals surface area (Å²) in [6.45, 7) is 3.51. The minimum atomic E-state index is 0.170. The maximum atomic E-state index is 13.1. The number of nitrogens with zero attached hydrogens (tertiary/aromatic N) is 5. The Bertz CT molecular complexity index is 1310. The first-order chi connectivity index (χ1) is 17.6. The number of piperidine rings is 1. The van der Waals surface area contributed by atoms with E-state index in [4.69, 9.17) is 5.10 Å². The Morgan fingerprint density at radius 3 is 2.50 bits per heavy atom. The predicted molar refractivity (Wildman–Crippen MR) is 143 cm³/mol. The largest absolute Gasteiger partial charge is 0.340 e. The number of carbonyl (C=O) groups is 1. The molecule has 1 saturated heterocycles. The van der Waals surface area contributed by atoms with Crippen molar-refractivity contribution in [2.45, 2.75) is 32.4 Å². The first kappa shape index (κ1) is 23.1. The number of para-hydroxylation sites is 1. The zero-order chi connectivity index (χ0) is 24.5. The molecule has 7 heteroatoms. The highest BCUT2D eigenvalue weighted by Gasteiger charge is 2.59. The van der Waals surface area contributed by atoms with Gasteiger partial charge in [0.15, 0.2) is 0 Å². The lowest BCUT2D eigenvalue weighted by molar-refractivity contribution is -0.133. The first-order valence-corrected chi connectivity index (χ1v) is 13.6. The molecule has 0 N–H and O–H groups in total. The average Bonchev–Trinajstić information content (AvgIpc) is 3.23. The van der Waals surface area contributed by atoms with Crippen LogP contribution in [0, 0.1) is 11.3 Å². The number of hydrogen-bond donors (Lipinski definition) is 0. The van der Waals surface area contributed by atoms with Gasteiger partial charge in [-0.05, 0) is 49.9 Å². The number of thiazole rings is 1. The zero-order valence-electron chi connectivity index (χ0n) is 20.6. The fourth-order valence-electron chi connectivity index (χ4n) is 5.63. The molecule has 1 atom stereocenters. The van der Waals surface area contributed by atoms with Gasteiger partial charge in [0.1, 0.15) is 0 Å². The minimum absolute atomic E-state index is 0.170.